The Morgan fingerprint density at radius 2 is 1.00 bits per heavy atom. The lowest BCUT2D eigenvalue weighted by Crippen LogP contribution is -2.06. The fourth-order valence-electron chi connectivity index (χ4n) is 7.41. The highest BCUT2D eigenvalue weighted by molar-refractivity contribution is 6.10. The zero-order valence-electron chi connectivity index (χ0n) is 29.1. The Kier molecular flexibility index (Phi) is 7.98. The van der Waals surface area contributed by atoms with Crippen LogP contribution in [0.5, 0.6) is 0 Å². The lowest BCUT2D eigenvalue weighted by atomic mass is 9.84. The lowest BCUT2D eigenvalue weighted by molar-refractivity contribution is 0.925. The van der Waals surface area contributed by atoms with Crippen LogP contribution in [-0.2, 0) is 0 Å². The summed E-state index contributed by atoms with van der Waals surface area (Å²) < 4.78 is 2.18. The first-order valence-corrected chi connectivity index (χ1v) is 17.8. The van der Waals surface area contributed by atoms with E-state index in [1.165, 1.54) is 33.4 Å². The van der Waals surface area contributed by atoms with Crippen LogP contribution in [0.4, 0.5) is 0 Å². The van der Waals surface area contributed by atoms with E-state index in [0.717, 1.165) is 38.5 Å². The summed E-state index contributed by atoms with van der Waals surface area (Å²) in [7, 11) is 0. The maximum absolute atomic E-state index is 5.10. The number of aromatic nitrogens is 4. The van der Waals surface area contributed by atoms with Gasteiger partial charge >= 0.3 is 0 Å². The Hall–Kier alpha value is -6.65. The second-order valence-corrected chi connectivity index (χ2v) is 13.3. The molecule has 0 fully saturated rings. The number of fused-ring (bicyclic) bond motifs is 3. The highest BCUT2D eigenvalue weighted by Crippen LogP contribution is 2.40. The molecule has 2 heterocycles. The maximum Gasteiger partial charge on any atom is 0.238 e. The van der Waals surface area contributed by atoms with Crippen LogP contribution >= 0.6 is 0 Å². The number of rotatable bonds is 7. The first-order valence-electron chi connectivity index (χ1n) is 17.8. The molecule has 7 aromatic carbocycles. The molecule has 0 aliphatic rings. The van der Waals surface area contributed by atoms with Gasteiger partial charge in [-0.3, -0.25) is 4.57 Å². The molecule has 0 aliphatic carbocycles. The molecule has 0 saturated carbocycles. The van der Waals surface area contributed by atoms with E-state index < -0.39 is 0 Å². The lowest BCUT2D eigenvalue weighted by Gasteiger charge is -2.20. The van der Waals surface area contributed by atoms with Gasteiger partial charge < -0.3 is 0 Å². The van der Waals surface area contributed by atoms with Gasteiger partial charge in [0.1, 0.15) is 0 Å². The van der Waals surface area contributed by atoms with Crippen LogP contribution in [-0.4, -0.2) is 19.5 Å². The third kappa shape index (κ3) is 5.65. The van der Waals surface area contributed by atoms with Crippen LogP contribution in [0.2, 0.25) is 0 Å². The standard InChI is InChI=1S/C48H36N4/c1-32-16-12-13-23-39(32)42-30-37(26-28-40(42)33(2)34-17-6-3-7-18-34)38-27-29-45-43(31-38)41-24-14-15-25-44(41)52(45)48-50-46(35-19-8-4-9-20-35)49-47(51-48)36-21-10-5-11-22-36/h3-31,33H,1-2H3/t33-/m0/s1. The van der Waals surface area contributed by atoms with Gasteiger partial charge in [-0.15, -0.1) is 0 Å². The monoisotopic (exact) mass is 668 g/mol. The molecule has 52 heavy (non-hydrogen) atoms. The van der Waals surface area contributed by atoms with E-state index in [9.17, 15) is 0 Å². The normalized spacial score (nSPS) is 12.0. The minimum absolute atomic E-state index is 0.243. The highest BCUT2D eigenvalue weighted by Gasteiger charge is 2.20. The summed E-state index contributed by atoms with van der Waals surface area (Å²) in [6, 6.07) is 62.0. The smallest absolute Gasteiger partial charge is 0.238 e. The molecule has 1 atom stereocenters. The Labute approximate surface area is 303 Å². The van der Waals surface area contributed by atoms with Crippen LogP contribution in [0.1, 0.15) is 29.5 Å². The van der Waals surface area contributed by atoms with Crippen molar-refractivity contribution in [3.8, 4) is 51.0 Å². The molecule has 0 aliphatic heterocycles. The molecule has 0 unspecified atom stereocenters. The topological polar surface area (TPSA) is 43.6 Å². The van der Waals surface area contributed by atoms with E-state index in [1.807, 2.05) is 60.7 Å². The van der Waals surface area contributed by atoms with Crippen LogP contribution in [0.25, 0.3) is 72.8 Å². The van der Waals surface area contributed by atoms with Crippen molar-refractivity contribution in [2.24, 2.45) is 0 Å². The fourth-order valence-corrected chi connectivity index (χ4v) is 7.41. The third-order valence-corrected chi connectivity index (χ3v) is 10.1. The molecule has 0 amide bonds. The molecule has 2 aromatic heterocycles. The number of benzene rings is 7. The van der Waals surface area contributed by atoms with Crippen molar-refractivity contribution in [3.63, 3.8) is 0 Å². The van der Waals surface area contributed by atoms with Crippen LogP contribution in [0.3, 0.4) is 0 Å². The maximum atomic E-state index is 5.10. The van der Waals surface area contributed by atoms with Crippen molar-refractivity contribution in [2.45, 2.75) is 19.8 Å². The van der Waals surface area contributed by atoms with Crippen LogP contribution in [0, 0.1) is 6.92 Å². The molecular weight excluding hydrogens is 633 g/mol. The van der Waals surface area contributed by atoms with Crippen molar-refractivity contribution in [1.82, 2.24) is 19.5 Å². The predicted octanol–water partition coefficient (Wildman–Crippen LogP) is 12.1. The average Bonchev–Trinajstić information content (AvgIpc) is 3.55. The number of hydrogen-bond donors (Lipinski definition) is 0. The number of nitrogens with zero attached hydrogens (tertiary/aromatic N) is 4. The van der Waals surface area contributed by atoms with Gasteiger partial charge in [0.15, 0.2) is 11.6 Å². The van der Waals surface area contributed by atoms with Gasteiger partial charge in [0, 0.05) is 27.8 Å². The summed E-state index contributed by atoms with van der Waals surface area (Å²) in [5, 5.41) is 2.30. The minimum atomic E-state index is 0.243. The summed E-state index contributed by atoms with van der Waals surface area (Å²) in [6.07, 6.45) is 0. The average molecular weight is 669 g/mol. The molecule has 0 saturated heterocycles. The zero-order chi connectivity index (χ0) is 35.0. The van der Waals surface area contributed by atoms with E-state index in [2.05, 4.69) is 134 Å². The Morgan fingerprint density at radius 1 is 0.442 bits per heavy atom. The van der Waals surface area contributed by atoms with Gasteiger partial charge in [-0.1, -0.05) is 159 Å². The number of para-hydroxylation sites is 1. The van der Waals surface area contributed by atoms with E-state index in [1.54, 1.807) is 0 Å². The van der Waals surface area contributed by atoms with E-state index >= 15 is 0 Å². The van der Waals surface area contributed by atoms with E-state index in [-0.39, 0.29) is 5.92 Å². The molecule has 0 spiro atoms. The Morgan fingerprint density at radius 3 is 1.69 bits per heavy atom. The van der Waals surface area contributed by atoms with Crippen molar-refractivity contribution in [2.75, 3.05) is 0 Å². The Bertz CT molecular complexity index is 2640. The van der Waals surface area contributed by atoms with Gasteiger partial charge in [-0.05, 0) is 70.1 Å². The molecule has 4 nitrogen and oxygen atoms in total. The molecule has 0 radical (unpaired) electrons. The summed E-state index contributed by atoms with van der Waals surface area (Å²) in [6.45, 7) is 4.51. The predicted molar refractivity (Wildman–Crippen MR) is 215 cm³/mol. The van der Waals surface area contributed by atoms with Crippen LogP contribution in [0.15, 0.2) is 176 Å². The van der Waals surface area contributed by atoms with E-state index in [0.29, 0.717) is 17.6 Å². The van der Waals surface area contributed by atoms with Gasteiger partial charge in [0.2, 0.25) is 5.95 Å². The summed E-state index contributed by atoms with van der Waals surface area (Å²) in [5.74, 6) is 2.11. The second kappa shape index (κ2) is 13.2. The fraction of sp³-hybridized carbons (Fsp3) is 0.0625. The Balaban J connectivity index is 1.23. The summed E-state index contributed by atoms with van der Waals surface area (Å²) >= 11 is 0. The zero-order valence-corrected chi connectivity index (χ0v) is 29.1. The van der Waals surface area contributed by atoms with Gasteiger partial charge in [0.25, 0.3) is 0 Å². The largest absolute Gasteiger partial charge is 0.278 e. The number of aryl methyl sites for hydroxylation is 1. The molecule has 4 heteroatoms. The summed E-state index contributed by atoms with van der Waals surface area (Å²) in [4.78, 5) is 15.1. The second-order valence-electron chi connectivity index (χ2n) is 13.3. The molecule has 0 N–H and O–H groups in total. The van der Waals surface area contributed by atoms with Gasteiger partial charge in [-0.25, -0.2) is 4.98 Å². The van der Waals surface area contributed by atoms with Crippen LogP contribution < -0.4 is 0 Å². The van der Waals surface area contributed by atoms with Gasteiger partial charge in [-0.2, -0.15) is 9.97 Å². The van der Waals surface area contributed by atoms with Crippen molar-refractivity contribution >= 4 is 21.8 Å². The quantitative estimate of drug-likeness (QED) is 0.170. The third-order valence-electron chi connectivity index (χ3n) is 10.1. The minimum Gasteiger partial charge on any atom is -0.278 e. The van der Waals surface area contributed by atoms with Gasteiger partial charge in [0.05, 0.1) is 11.0 Å². The van der Waals surface area contributed by atoms with Crippen molar-refractivity contribution in [1.29, 1.82) is 0 Å². The van der Waals surface area contributed by atoms with E-state index in [4.69, 9.17) is 15.0 Å². The molecule has 0 bridgehead atoms. The van der Waals surface area contributed by atoms with Crippen molar-refractivity contribution in [3.05, 3.63) is 193 Å². The molecular formula is C48H36N4. The summed E-state index contributed by atoms with van der Waals surface area (Å²) in [5.41, 5.74) is 12.7. The molecule has 248 valence electrons. The molecule has 9 rings (SSSR count). The highest BCUT2D eigenvalue weighted by atomic mass is 15.2. The molecule has 9 aromatic rings. The number of hydrogen-bond acceptors (Lipinski definition) is 3. The first kappa shape index (κ1) is 31.3. The first-order chi connectivity index (χ1) is 25.6. The SMILES string of the molecule is Cc1ccccc1-c1cc(-c2ccc3c(c2)c2ccccc2n3-c2nc(-c3ccccc3)nc(-c3ccccc3)n2)ccc1[C@@H](C)c1ccccc1. The van der Waals surface area contributed by atoms with Crippen molar-refractivity contribution < 1.29 is 0 Å².